The van der Waals surface area contributed by atoms with E-state index in [-0.39, 0.29) is 17.0 Å². The summed E-state index contributed by atoms with van der Waals surface area (Å²) < 4.78 is 13.9. The molecule has 5 rings (SSSR count). The zero-order chi connectivity index (χ0) is 21.8. The van der Waals surface area contributed by atoms with Gasteiger partial charge in [-0.1, -0.05) is 91.0 Å². The van der Waals surface area contributed by atoms with Crippen LogP contribution in [0.4, 0.5) is 4.39 Å². The number of fused-ring (bicyclic) bond motifs is 1. The Morgan fingerprint density at radius 3 is 2.03 bits per heavy atom. The SMILES string of the molecule is Fc1ccc2c([C@@H](c3ccccc3)[C@@H](SCc3ccccc3)c3ccccc3)c[nH]c2c1. The summed E-state index contributed by atoms with van der Waals surface area (Å²) in [4.78, 5) is 3.31. The van der Waals surface area contributed by atoms with Gasteiger partial charge in [0.25, 0.3) is 0 Å². The van der Waals surface area contributed by atoms with E-state index in [0.717, 1.165) is 16.7 Å². The molecule has 3 heteroatoms. The van der Waals surface area contributed by atoms with Gasteiger partial charge in [-0.25, -0.2) is 4.39 Å². The lowest BCUT2D eigenvalue weighted by atomic mass is 9.85. The van der Waals surface area contributed by atoms with Crippen molar-refractivity contribution in [2.75, 3.05) is 0 Å². The molecule has 0 bridgehead atoms. The van der Waals surface area contributed by atoms with Crippen LogP contribution in [0.15, 0.2) is 115 Å². The van der Waals surface area contributed by atoms with E-state index >= 15 is 0 Å². The van der Waals surface area contributed by atoms with Crippen LogP contribution in [-0.4, -0.2) is 4.98 Å². The summed E-state index contributed by atoms with van der Waals surface area (Å²) in [7, 11) is 0. The van der Waals surface area contributed by atoms with Crippen molar-refractivity contribution >= 4 is 22.7 Å². The molecule has 0 saturated carbocycles. The fraction of sp³-hybridized carbons (Fsp3) is 0.103. The molecule has 1 aromatic heterocycles. The first-order valence-electron chi connectivity index (χ1n) is 10.8. The van der Waals surface area contributed by atoms with Gasteiger partial charge in [-0.3, -0.25) is 0 Å². The van der Waals surface area contributed by atoms with Crippen molar-refractivity contribution in [1.29, 1.82) is 0 Å². The third-order valence-corrected chi connectivity index (χ3v) is 7.28. The maximum Gasteiger partial charge on any atom is 0.125 e. The second-order valence-electron chi connectivity index (χ2n) is 7.95. The Hall–Kier alpha value is -3.30. The van der Waals surface area contributed by atoms with Crippen LogP contribution in [0.2, 0.25) is 0 Å². The third-order valence-electron chi connectivity index (χ3n) is 5.87. The van der Waals surface area contributed by atoms with Crippen LogP contribution in [0, 0.1) is 5.82 Å². The lowest BCUT2D eigenvalue weighted by Gasteiger charge is -2.28. The molecular weight excluding hydrogens is 413 g/mol. The van der Waals surface area contributed by atoms with Gasteiger partial charge >= 0.3 is 0 Å². The Morgan fingerprint density at radius 1 is 0.719 bits per heavy atom. The van der Waals surface area contributed by atoms with Crippen molar-refractivity contribution in [3.8, 4) is 0 Å². The Kier molecular flexibility index (Phi) is 6.09. The molecule has 158 valence electrons. The number of thioether (sulfide) groups is 1. The van der Waals surface area contributed by atoms with E-state index in [1.165, 1.54) is 22.3 Å². The van der Waals surface area contributed by atoms with Gasteiger partial charge in [-0.2, -0.15) is 0 Å². The van der Waals surface area contributed by atoms with E-state index < -0.39 is 0 Å². The highest BCUT2D eigenvalue weighted by atomic mass is 32.2. The summed E-state index contributed by atoms with van der Waals surface area (Å²) in [6, 6.07) is 37.0. The van der Waals surface area contributed by atoms with Crippen molar-refractivity contribution in [3.63, 3.8) is 0 Å². The van der Waals surface area contributed by atoms with Crippen molar-refractivity contribution in [1.82, 2.24) is 4.98 Å². The van der Waals surface area contributed by atoms with Crippen LogP contribution in [0.25, 0.3) is 10.9 Å². The summed E-state index contributed by atoms with van der Waals surface area (Å²) in [6.07, 6.45) is 2.06. The van der Waals surface area contributed by atoms with E-state index in [1.807, 2.05) is 17.8 Å². The smallest absolute Gasteiger partial charge is 0.125 e. The van der Waals surface area contributed by atoms with Crippen LogP contribution >= 0.6 is 11.8 Å². The van der Waals surface area contributed by atoms with Gasteiger partial charge in [0.1, 0.15) is 5.82 Å². The Balaban J connectivity index is 1.63. The second-order valence-corrected chi connectivity index (χ2v) is 9.08. The minimum absolute atomic E-state index is 0.117. The van der Waals surface area contributed by atoms with Gasteiger partial charge in [0, 0.05) is 34.0 Å². The molecule has 32 heavy (non-hydrogen) atoms. The van der Waals surface area contributed by atoms with E-state index in [1.54, 1.807) is 12.1 Å². The number of aromatic amines is 1. The molecule has 0 aliphatic heterocycles. The van der Waals surface area contributed by atoms with E-state index in [4.69, 9.17) is 0 Å². The van der Waals surface area contributed by atoms with Crippen molar-refractivity contribution < 1.29 is 4.39 Å². The Labute approximate surface area is 192 Å². The molecule has 0 aliphatic carbocycles. The Bertz CT molecular complexity index is 1280. The van der Waals surface area contributed by atoms with Gasteiger partial charge in [0.05, 0.1) is 0 Å². The number of H-pyrrole nitrogens is 1. The van der Waals surface area contributed by atoms with Crippen LogP contribution in [-0.2, 0) is 5.75 Å². The average molecular weight is 438 g/mol. The van der Waals surface area contributed by atoms with Crippen molar-refractivity contribution in [2.45, 2.75) is 16.9 Å². The number of hydrogen-bond donors (Lipinski definition) is 1. The first-order valence-corrected chi connectivity index (χ1v) is 11.9. The van der Waals surface area contributed by atoms with Crippen LogP contribution in [0.1, 0.15) is 33.4 Å². The average Bonchev–Trinajstić information content (AvgIpc) is 3.26. The van der Waals surface area contributed by atoms with Crippen LogP contribution in [0.3, 0.4) is 0 Å². The fourth-order valence-corrected chi connectivity index (χ4v) is 5.75. The first-order chi connectivity index (χ1) is 15.8. The molecule has 0 aliphatic rings. The molecule has 2 atom stereocenters. The lowest BCUT2D eigenvalue weighted by Crippen LogP contribution is -2.11. The number of rotatable bonds is 7. The molecule has 0 unspecified atom stereocenters. The lowest BCUT2D eigenvalue weighted by molar-refractivity contribution is 0.629. The Morgan fingerprint density at radius 2 is 1.34 bits per heavy atom. The van der Waals surface area contributed by atoms with Crippen LogP contribution < -0.4 is 0 Å². The molecule has 4 aromatic carbocycles. The molecule has 0 amide bonds. The highest BCUT2D eigenvalue weighted by Gasteiger charge is 2.29. The molecule has 0 spiro atoms. The zero-order valence-electron chi connectivity index (χ0n) is 17.6. The molecule has 1 N–H and O–H groups in total. The van der Waals surface area contributed by atoms with E-state index in [0.29, 0.717) is 0 Å². The molecule has 0 fully saturated rings. The zero-order valence-corrected chi connectivity index (χ0v) is 18.4. The maximum absolute atomic E-state index is 13.9. The summed E-state index contributed by atoms with van der Waals surface area (Å²) in [5.41, 5.74) is 5.89. The van der Waals surface area contributed by atoms with Gasteiger partial charge in [-0.05, 0) is 40.5 Å². The minimum Gasteiger partial charge on any atom is -0.361 e. The number of aromatic nitrogens is 1. The number of halogens is 1. The number of hydrogen-bond acceptors (Lipinski definition) is 1. The summed E-state index contributed by atoms with van der Waals surface area (Å²) in [6.45, 7) is 0. The molecular formula is C29H24FNS. The monoisotopic (exact) mass is 437 g/mol. The van der Waals surface area contributed by atoms with E-state index in [9.17, 15) is 4.39 Å². The highest BCUT2D eigenvalue weighted by molar-refractivity contribution is 7.98. The minimum atomic E-state index is -0.222. The molecule has 5 aromatic rings. The second kappa shape index (κ2) is 9.46. The largest absolute Gasteiger partial charge is 0.361 e. The third kappa shape index (κ3) is 4.35. The topological polar surface area (TPSA) is 15.8 Å². The normalized spacial score (nSPS) is 13.2. The maximum atomic E-state index is 13.9. The highest BCUT2D eigenvalue weighted by Crippen LogP contribution is 2.48. The number of nitrogens with one attached hydrogen (secondary N) is 1. The van der Waals surface area contributed by atoms with Crippen molar-refractivity contribution in [3.05, 3.63) is 143 Å². The summed E-state index contributed by atoms with van der Waals surface area (Å²) >= 11 is 1.95. The standard InChI is InChI=1S/C29H24FNS/c30-24-16-17-25-26(19-31-27(25)18-24)28(22-12-6-2-7-13-22)29(23-14-8-3-9-15-23)32-20-21-10-4-1-5-11-21/h1-19,28-29,31H,20H2/t28-,29+/m1/s1. The van der Waals surface area contributed by atoms with Gasteiger partial charge in [0.15, 0.2) is 0 Å². The summed E-state index contributed by atoms with van der Waals surface area (Å²) in [5.74, 6) is 0.813. The van der Waals surface area contributed by atoms with Crippen molar-refractivity contribution in [2.24, 2.45) is 0 Å². The summed E-state index contributed by atoms with van der Waals surface area (Å²) in [5, 5.41) is 1.27. The fourth-order valence-electron chi connectivity index (χ4n) is 4.34. The molecule has 1 heterocycles. The number of benzene rings is 4. The quantitative estimate of drug-likeness (QED) is 0.272. The van der Waals surface area contributed by atoms with Gasteiger partial charge < -0.3 is 4.98 Å². The predicted molar refractivity (Wildman–Crippen MR) is 133 cm³/mol. The van der Waals surface area contributed by atoms with E-state index in [2.05, 4.69) is 102 Å². The molecule has 0 radical (unpaired) electrons. The first kappa shape index (κ1) is 20.6. The van der Waals surface area contributed by atoms with Gasteiger partial charge in [0.2, 0.25) is 0 Å². The molecule has 0 saturated heterocycles. The van der Waals surface area contributed by atoms with Crippen LogP contribution in [0.5, 0.6) is 0 Å². The van der Waals surface area contributed by atoms with Gasteiger partial charge in [-0.15, -0.1) is 11.8 Å². The molecule has 1 nitrogen and oxygen atoms in total. The predicted octanol–water partition coefficient (Wildman–Crippen LogP) is 8.11.